The van der Waals surface area contributed by atoms with Crippen molar-refractivity contribution in [3.05, 3.63) is 35.1 Å². The highest BCUT2D eigenvalue weighted by atomic mass is 16.3. The predicted molar refractivity (Wildman–Crippen MR) is 65.5 cm³/mol. The van der Waals surface area contributed by atoms with E-state index in [0.29, 0.717) is 0 Å². The molecule has 2 heteroatoms. The van der Waals surface area contributed by atoms with Crippen LogP contribution in [0.25, 0.3) is 11.0 Å². The molecule has 1 fully saturated rings. The van der Waals surface area contributed by atoms with Gasteiger partial charge in [0.15, 0.2) is 0 Å². The molecule has 2 aromatic rings. The lowest BCUT2D eigenvalue weighted by Gasteiger charge is -1.98. The van der Waals surface area contributed by atoms with Crippen LogP contribution >= 0.6 is 0 Å². The van der Waals surface area contributed by atoms with Gasteiger partial charge in [0, 0.05) is 11.4 Å². The van der Waals surface area contributed by atoms with Crippen molar-refractivity contribution in [2.75, 3.05) is 0 Å². The summed E-state index contributed by atoms with van der Waals surface area (Å²) in [5.74, 6) is 1.05. The van der Waals surface area contributed by atoms with E-state index in [1.165, 1.54) is 29.4 Å². The Morgan fingerprint density at radius 1 is 1.19 bits per heavy atom. The minimum atomic E-state index is 0.733. The molecule has 0 unspecified atom stereocenters. The quantitative estimate of drug-likeness (QED) is 0.849. The summed E-state index contributed by atoms with van der Waals surface area (Å²) >= 11 is 0. The summed E-state index contributed by atoms with van der Waals surface area (Å²) in [6.07, 6.45) is 2.64. The molecule has 84 valence electrons. The van der Waals surface area contributed by atoms with Gasteiger partial charge in [-0.1, -0.05) is 0 Å². The molecule has 0 aliphatic heterocycles. The van der Waals surface area contributed by atoms with E-state index < -0.39 is 0 Å². The summed E-state index contributed by atoms with van der Waals surface area (Å²) in [6.45, 7) is 5.13. The fourth-order valence-electron chi connectivity index (χ4n) is 1.98. The van der Waals surface area contributed by atoms with Crippen LogP contribution in [0.2, 0.25) is 0 Å². The fourth-order valence-corrected chi connectivity index (χ4v) is 1.98. The van der Waals surface area contributed by atoms with Gasteiger partial charge in [-0.05, 0) is 56.0 Å². The summed E-state index contributed by atoms with van der Waals surface area (Å²) in [7, 11) is 0. The van der Waals surface area contributed by atoms with Gasteiger partial charge in [0.2, 0.25) is 0 Å². The average molecular weight is 215 g/mol. The van der Waals surface area contributed by atoms with Crippen molar-refractivity contribution in [1.82, 2.24) is 5.32 Å². The van der Waals surface area contributed by atoms with Crippen molar-refractivity contribution >= 4 is 11.0 Å². The second-order valence-electron chi connectivity index (χ2n) is 4.84. The zero-order valence-electron chi connectivity index (χ0n) is 9.84. The summed E-state index contributed by atoms with van der Waals surface area (Å²) in [4.78, 5) is 0. The summed E-state index contributed by atoms with van der Waals surface area (Å²) in [5, 5.41) is 4.69. The molecule has 0 atom stereocenters. The maximum absolute atomic E-state index is 5.82. The highest BCUT2D eigenvalue weighted by Gasteiger charge is 2.20. The van der Waals surface area contributed by atoms with Crippen LogP contribution in [0, 0.1) is 13.8 Å². The second kappa shape index (κ2) is 3.63. The van der Waals surface area contributed by atoms with Gasteiger partial charge in [0.1, 0.15) is 11.3 Å². The first-order valence-corrected chi connectivity index (χ1v) is 5.95. The number of nitrogens with one attached hydrogen (secondary N) is 1. The Hall–Kier alpha value is -1.28. The third-order valence-corrected chi connectivity index (χ3v) is 3.33. The largest absolute Gasteiger partial charge is 0.460 e. The highest BCUT2D eigenvalue weighted by molar-refractivity contribution is 5.79. The molecule has 2 nitrogen and oxygen atoms in total. The van der Waals surface area contributed by atoms with Crippen LogP contribution in [0.3, 0.4) is 0 Å². The van der Waals surface area contributed by atoms with Crippen molar-refractivity contribution in [1.29, 1.82) is 0 Å². The molecule has 0 saturated heterocycles. The molecule has 0 amide bonds. The van der Waals surface area contributed by atoms with E-state index in [4.69, 9.17) is 4.42 Å². The van der Waals surface area contributed by atoms with Gasteiger partial charge >= 0.3 is 0 Å². The van der Waals surface area contributed by atoms with Gasteiger partial charge in [0.05, 0.1) is 6.54 Å². The minimum Gasteiger partial charge on any atom is -0.460 e. The molecular formula is C14H17NO. The Balaban J connectivity index is 1.89. The molecule has 1 aliphatic carbocycles. The number of hydrogen-bond acceptors (Lipinski definition) is 2. The molecule has 1 heterocycles. The summed E-state index contributed by atoms with van der Waals surface area (Å²) < 4.78 is 5.82. The van der Waals surface area contributed by atoms with Crippen LogP contribution < -0.4 is 5.32 Å². The average Bonchev–Trinajstić information content (AvgIpc) is 2.99. The van der Waals surface area contributed by atoms with Crippen molar-refractivity contribution < 1.29 is 4.42 Å². The normalized spacial score (nSPS) is 15.9. The molecule has 16 heavy (non-hydrogen) atoms. The monoisotopic (exact) mass is 215 g/mol. The number of fused-ring (bicyclic) bond motifs is 1. The van der Waals surface area contributed by atoms with Crippen molar-refractivity contribution in [2.45, 2.75) is 39.3 Å². The molecule has 1 saturated carbocycles. The number of aryl methyl sites for hydroxylation is 2. The first kappa shape index (κ1) is 9.91. The van der Waals surface area contributed by atoms with Crippen LogP contribution in [-0.4, -0.2) is 6.04 Å². The zero-order chi connectivity index (χ0) is 11.1. The van der Waals surface area contributed by atoms with Crippen molar-refractivity contribution in [3.8, 4) is 0 Å². The first-order chi connectivity index (χ1) is 7.72. The Morgan fingerprint density at radius 2 is 1.94 bits per heavy atom. The van der Waals surface area contributed by atoms with Crippen molar-refractivity contribution in [3.63, 3.8) is 0 Å². The van der Waals surface area contributed by atoms with Gasteiger partial charge in [-0.25, -0.2) is 0 Å². The third kappa shape index (κ3) is 1.85. The minimum absolute atomic E-state index is 0.733. The fraction of sp³-hybridized carbons (Fsp3) is 0.429. The number of benzene rings is 1. The lowest BCUT2D eigenvalue weighted by molar-refractivity contribution is 0.512. The smallest absolute Gasteiger partial charge is 0.134 e. The molecule has 1 aromatic heterocycles. The SMILES string of the molecule is Cc1cc2cc(CNC3CC3)oc2cc1C. The number of hydrogen-bond donors (Lipinski definition) is 1. The highest BCUT2D eigenvalue weighted by Crippen LogP contribution is 2.24. The molecule has 0 bridgehead atoms. The molecule has 0 spiro atoms. The van der Waals surface area contributed by atoms with Gasteiger partial charge in [-0.2, -0.15) is 0 Å². The Kier molecular flexibility index (Phi) is 2.25. The van der Waals surface area contributed by atoms with Crippen LogP contribution in [0.15, 0.2) is 22.6 Å². The van der Waals surface area contributed by atoms with Gasteiger partial charge in [-0.3, -0.25) is 0 Å². The zero-order valence-corrected chi connectivity index (χ0v) is 9.84. The maximum Gasteiger partial charge on any atom is 0.134 e. The van der Waals surface area contributed by atoms with Gasteiger partial charge in [0.25, 0.3) is 0 Å². The van der Waals surface area contributed by atoms with E-state index in [0.717, 1.165) is 23.9 Å². The Bertz CT molecular complexity index is 484. The van der Waals surface area contributed by atoms with Crippen molar-refractivity contribution in [2.24, 2.45) is 0 Å². The second-order valence-corrected chi connectivity index (χ2v) is 4.84. The van der Waals surface area contributed by atoms with Crippen LogP contribution in [-0.2, 0) is 6.54 Å². The Labute approximate surface area is 95.6 Å². The van der Waals surface area contributed by atoms with E-state index in [2.05, 4.69) is 37.4 Å². The maximum atomic E-state index is 5.82. The third-order valence-electron chi connectivity index (χ3n) is 3.33. The lowest BCUT2D eigenvalue weighted by atomic mass is 10.1. The van der Waals surface area contributed by atoms with Gasteiger partial charge in [-0.15, -0.1) is 0 Å². The van der Waals surface area contributed by atoms with E-state index >= 15 is 0 Å². The summed E-state index contributed by atoms with van der Waals surface area (Å²) in [6, 6.07) is 7.22. The predicted octanol–water partition coefficient (Wildman–Crippen LogP) is 3.30. The lowest BCUT2D eigenvalue weighted by Crippen LogP contribution is -2.14. The summed E-state index contributed by atoms with van der Waals surface area (Å²) in [5.41, 5.74) is 3.63. The Morgan fingerprint density at radius 3 is 2.69 bits per heavy atom. The van der Waals surface area contributed by atoms with Crippen LogP contribution in [0.1, 0.15) is 29.7 Å². The molecule has 1 N–H and O–H groups in total. The van der Waals surface area contributed by atoms with Crippen LogP contribution in [0.4, 0.5) is 0 Å². The van der Waals surface area contributed by atoms with E-state index in [1.807, 2.05) is 0 Å². The van der Waals surface area contributed by atoms with E-state index in [1.54, 1.807) is 0 Å². The molecule has 0 radical (unpaired) electrons. The van der Waals surface area contributed by atoms with Gasteiger partial charge < -0.3 is 9.73 Å². The number of rotatable bonds is 3. The molecule has 1 aliphatic rings. The standard InChI is InChI=1S/C14H17NO/c1-9-5-11-7-13(8-15-12-3-4-12)16-14(11)6-10(9)2/h5-7,12,15H,3-4,8H2,1-2H3. The first-order valence-electron chi connectivity index (χ1n) is 5.95. The molecular weight excluding hydrogens is 198 g/mol. The molecule has 1 aromatic carbocycles. The van der Waals surface area contributed by atoms with E-state index in [-0.39, 0.29) is 0 Å². The van der Waals surface area contributed by atoms with E-state index in [9.17, 15) is 0 Å². The molecule has 3 rings (SSSR count). The number of furan rings is 1. The van der Waals surface area contributed by atoms with Crippen LogP contribution in [0.5, 0.6) is 0 Å². The topological polar surface area (TPSA) is 25.2 Å².